The highest BCUT2D eigenvalue weighted by Gasteiger charge is 2.25. The second-order valence-corrected chi connectivity index (χ2v) is 6.28. The maximum absolute atomic E-state index is 12.5. The van der Waals surface area contributed by atoms with Gasteiger partial charge in [0, 0.05) is 6.04 Å². The average molecular weight is 275 g/mol. The highest BCUT2D eigenvalue weighted by molar-refractivity contribution is 5.99. The van der Waals surface area contributed by atoms with E-state index in [2.05, 4.69) is 24.6 Å². The molecule has 1 aromatic rings. The molecule has 4 nitrogen and oxygen atoms in total. The third-order valence-electron chi connectivity index (χ3n) is 4.09. The number of anilines is 1. The van der Waals surface area contributed by atoms with Crippen LogP contribution in [0.5, 0.6) is 0 Å². The van der Waals surface area contributed by atoms with Gasteiger partial charge in [-0.3, -0.25) is 10.6 Å². The number of benzene rings is 1. The first kappa shape index (κ1) is 14.9. The molecule has 0 spiro atoms. The minimum absolute atomic E-state index is 0.0343. The summed E-state index contributed by atoms with van der Waals surface area (Å²) in [6.07, 6.45) is 3.38. The van der Waals surface area contributed by atoms with Gasteiger partial charge in [-0.25, -0.2) is 0 Å². The molecule has 0 aromatic heterocycles. The molecule has 1 amide bonds. The van der Waals surface area contributed by atoms with Crippen LogP contribution >= 0.6 is 0 Å². The number of hydrogen-bond donors (Lipinski definition) is 3. The Labute approximate surface area is 121 Å². The Morgan fingerprint density at radius 2 is 1.85 bits per heavy atom. The first-order valence-electron chi connectivity index (χ1n) is 7.37. The summed E-state index contributed by atoms with van der Waals surface area (Å²) >= 11 is 0. The number of amides is 1. The Morgan fingerprint density at radius 1 is 1.20 bits per heavy atom. The molecule has 2 unspecified atom stereocenters. The van der Waals surface area contributed by atoms with Gasteiger partial charge in [0.1, 0.15) is 0 Å². The van der Waals surface area contributed by atoms with Crippen LogP contribution in [0.3, 0.4) is 0 Å². The number of carbonyl (C=O) groups is 1. The summed E-state index contributed by atoms with van der Waals surface area (Å²) in [5.74, 6) is 6.80. The topological polar surface area (TPSA) is 67.1 Å². The zero-order valence-corrected chi connectivity index (χ0v) is 12.6. The summed E-state index contributed by atoms with van der Waals surface area (Å²) < 4.78 is 0. The van der Waals surface area contributed by atoms with E-state index in [1.807, 2.05) is 25.1 Å². The Balaban J connectivity index is 2.10. The van der Waals surface area contributed by atoms with Crippen molar-refractivity contribution in [3.05, 3.63) is 29.3 Å². The molecule has 0 radical (unpaired) electrons. The molecule has 0 aliphatic heterocycles. The molecule has 4 heteroatoms. The Hall–Kier alpha value is -1.55. The second kappa shape index (κ2) is 6.27. The lowest BCUT2D eigenvalue weighted by molar-refractivity contribution is 0.0912. The second-order valence-electron chi connectivity index (χ2n) is 6.28. The number of hydrogen-bond acceptors (Lipinski definition) is 3. The van der Waals surface area contributed by atoms with Crippen molar-refractivity contribution in [3.8, 4) is 0 Å². The van der Waals surface area contributed by atoms with E-state index in [-0.39, 0.29) is 11.9 Å². The smallest absolute Gasteiger partial charge is 0.253 e. The van der Waals surface area contributed by atoms with Gasteiger partial charge in [-0.15, -0.1) is 0 Å². The molecule has 20 heavy (non-hydrogen) atoms. The van der Waals surface area contributed by atoms with Crippen LogP contribution < -0.4 is 16.6 Å². The molecule has 0 heterocycles. The Kier molecular flexibility index (Phi) is 4.65. The molecule has 2 rings (SSSR count). The van der Waals surface area contributed by atoms with E-state index in [9.17, 15) is 4.79 Å². The minimum Gasteiger partial charge on any atom is -0.349 e. The summed E-state index contributed by atoms with van der Waals surface area (Å²) in [5.41, 5.74) is 4.95. The van der Waals surface area contributed by atoms with E-state index in [4.69, 9.17) is 5.84 Å². The van der Waals surface area contributed by atoms with Crippen LogP contribution in [-0.2, 0) is 0 Å². The quantitative estimate of drug-likeness (QED) is 0.587. The summed E-state index contributed by atoms with van der Waals surface area (Å²) in [6, 6.07) is 5.93. The first-order chi connectivity index (χ1) is 9.49. The highest BCUT2D eigenvalue weighted by Crippen LogP contribution is 2.29. The zero-order valence-electron chi connectivity index (χ0n) is 12.6. The molecule has 1 aromatic carbocycles. The van der Waals surface area contributed by atoms with E-state index in [1.54, 1.807) is 0 Å². The van der Waals surface area contributed by atoms with Crippen molar-refractivity contribution < 1.29 is 4.79 Å². The lowest BCUT2D eigenvalue weighted by Crippen LogP contribution is -2.40. The third-order valence-corrected chi connectivity index (χ3v) is 4.09. The maximum atomic E-state index is 12.5. The van der Waals surface area contributed by atoms with Crippen molar-refractivity contribution in [2.24, 2.45) is 17.7 Å². The predicted molar refractivity (Wildman–Crippen MR) is 82.4 cm³/mol. The number of rotatable bonds is 3. The molecule has 0 saturated heterocycles. The maximum Gasteiger partial charge on any atom is 0.253 e. The monoisotopic (exact) mass is 275 g/mol. The minimum atomic E-state index is -0.0343. The van der Waals surface area contributed by atoms with E-state index in [0.29, 0.717) is 23.1 Å². The normalized spacial score (nSPS) is 26.1. The molecule has 4 N–H and O–H groups in total. The Morgan fingerprint density at radius 3 is 2.45 bits per heavy atom. The summed E-state index contributed by atoms with van der Waals surface area (Å²) in [4.78, 5) is 12.5. The Bertz CT molecular complexity index is 477. The van der Waals surface area contributed by atoms with E-state index in [0.717, 1.165) is 18.4 Å². The van der Waals surface area contributed by atoms with Crippen LogP contribution in [-0.4, -0.2) is 11.9 Å². The van der Waals surface area contributed by atoms with E-state index < -0.39 is 0 Å². The van der Waals surface area contributed by atoms with Crippen molar-refractivity contribution in [2.45, 2.75) is 46.1 Å². The van der Waals surface area contributed by atoms with Crippen molar-refractivity contribution in [2.75, 3.05) is 5.43 Å². The largest absolute Gasteiger partial charge is 0.349 e. The van der Waals surface area contributed by atoms with Crippen molar-refractivity contribution in [1.82, 2.24) is 5.32 Å². The number of nitrogen functional groups attached to an aromatic ring is 1. The molecule has 1 aliphatic rings. The van der Waals surface area contributed by atoms with Crippen LogP contribution in [0.15, 0.2) is 18.2 Å². The lowest BCUT2D eigenvalue weighted by Gasteiger charge is -2.32. The van der Waals surface area contributed by atoms with E-state index in [1.165, 1.54) is 6.42 Å². The lowest BCUT2D eigenvalue weighted by atomic mass is 9.80. The molecule has 2 atom stereocenters. The van der Waals surface area contributed by atoms with Crippen molar-refractivity contribution in [1.29, 1.82) is 0 Å². The predicted octanol–water partition coefficient (Wildman–Crippen LogP) is 2.84. The highest BCUT2D eigenvalue weighted by atomic mass is 16.1. The third kappa shape index (κ3) is 3.51. The van der Waals surface area contributed by atoms with Crippen LogP contribution in [0.1, 0.15) is 49.0 Å². The summed E-state index contributed by atoms with van der Waals surface area (Å²) in [5, 5.41) is 3.16. The van der Waals surface area contributed by atoms with Crippen LogP contribution in [0.4, 0.5) is 5.69 Å². The molecule has 1 fully saturated rings. The fourth-order valence-electron chi connectivity index (χ4n) is 3.30. The van der Waals surface area contributed by atoms with Gasteiger partial charge in [-0.05, 0) is 50.2 Å². The summed E-state index contributed by atoms with van der Waals surface area (Å²) in [6.45, 7) is 6.49. The van der Waals surface area contributed by atoms with Gasteiger partial charge in [0.25, 0.3) is 5.91 Å². The van der Waals surface area contributed by atoms with Gasteiger partial charge < -0.3 is 10.7 Å². The summed E-state index contributed by atoms with van der Waals surface area (Å²) in [7, 11) is 0. The molecular formula is C16H25N3O. The fourth-order valence-corrected chi connectivity index (χ4v) is 3.30. The molecule has 110 valence electrons. The van der Waals surface area contributed by atoms with Crippen LogP contribution in [0.25, 0.3) is 0 Å². The standard InChI is InChI=1S/C16H25N3O/c1-10-4-5-15(19-17)14(9-10)16(20)18-13-7-11(2)6-12(3)8-13/h4-5,9,11-13,19H,6-8,17H2,1-3H3,(H,18,20). The van der Waals surface area contributed by atoms with Gasteiger partial charge in [0.2, 0.25) is 0 Å². The van der Waals surface area contributed by atoms with Crippen molar-refractivity contribution >= 4 is 11.6 Å². The van der Waals surface area contributed by atoms with Gasteiger partial charge in [0.05, 0.1) is 11.3 Å². The van der Waals surface area contributed by atoms with E-state index >= 15 is 0 Å². The average Bonchev–Trinajstić information content (AvgIpc) is 2.37. The molecule has 1 aliphatic carbocycles. The van der Waals surface area contributed by atoms with Gasteiger partial charge >= 0.3 is 0 Å². The SMILES string of the molecule is Cc1ccc(NN)c(C(=O)NC2CC(C)CC(C)C2)c1. The number of nitrogens with two attached hydrogens (primary N) is 1. The zero-order chi connectivity index (χ0) is 14.7. The molecule has 0 bridgehead atoms. The van der Waals surface area contributed by atoms with Crippen LogP contribution in [0, 0.1) is 18.8 Å². The number of aryl methyl sites for hydroxylation is 1. The van der Waals surface area contributed by atoms with Gasteiger partial charge in [-0.2, -0.15) is 0 Å². The number of nitrogens with one attached hydrogen (secondary N) is 2. The first-order valence-corrected chi connectivity index (χ1v) is 7.37. The van der Waals surface area contributed by atoms with Crippen molar-refractivity contribution in [3.63, 3.8) is 0 Å². The van der Waals surface area contributed by atoms with Gasteiger partial charge in [0.15, 0.2) is 0 Å². The molecular weight excluding hydrogens is 250 g/mol. The number of carbonyl (C=O) groups excluding carboxylic acids is 1. The van der Waals surface area contributed by atoms with Gasteiger partial charge in [-0.1, -0.05) is 25.5 Å². The molecule has 1 saturated carbocycles. The van der Waals surface area contributed by atoms with Crippen LogP contribution in [0.2, 0.25) is 0 Å². The fraction of sp³-hybridized carbons (Fsp3) is 0.562. The number of hydrazine groups is 1.